The zero-order valence-corrected chi connectivity index (χ0v) is 14.0. The first-order valence-electron chi connectivity index (χ1n) is 7.52. The quantitative estimate of drug-likeness (QED) is 0.897. The summed E-state index contributed by atoms with van der Waals surface area (Å²) in [4.78, 5) is 12.4. The van der Waals surface area contributed by atoms with Crippen LogP contribution in [0.2, 0.25) is 0 Å². The summed E-state index contributed by atoms with van der Waals surface area (Å²) in [5.74, 6) is 0.00602. The van der Waals surface area contributed by atoms with E-state index in [2.05, 4.69) is 38.2 Å². The molecule has 1 amide bonds. The normalized spacial score (nSPS) is 18.7. The molecule has 0 aromatic heterocycles. The van der Waals surface area contributed by atoms with Crippen molar-refractivity contribution in [2.75, 3.05) is 0 Å². The number of amides is 1. The van der Waals surface area contributed by atoms with Gasteiger partial charge in [0.25, 0.3) is 0 Å². The third-order valence-electron chi connectivity index (χ3n) is 4.90. The number of carbonyl (C=O) groups is 1. The lowest BCUT2D eigenvalue weighted by Gasteiger charge is -2.35. The average Bonchev–Trinajstić information content (AvgIpc) is 2.88. The first-order chi connectivity index (χ1) is 9.36. The van der Waals surface area contributed by atoms with Crippen molar-refractivity contribution in [3.8, 4) is 0 Å². The second-order valence-electron chi connectivity index (χ2n) is 6.65. The molecule has 0 bridgehead atoms. The molecule has 3 nitrogen and oxygen atoms in total. The Balaban J connectivity index is 0.00000220. The molecular formula is C17H27ClN2O. The SMILES string of the molecule is CC(NC(=O)C1(N)CCCC1)C(C)(C)c1ccccc1.Cl. The molecule has 1 atom stereocenters. The molecule has 21 heavy (non-hydrogen) atoms. The van der Waals surface area contributed by atoms with Crippen LogP contribution in [0, 0.1) is 0 Å². The first-order valence-corrected chi connectivity index (χ1v) is 7.52. The molecule has 2 rings (SSSR count). The molecule has 3 N–H and O–H groups in total. The minimum atomic E-state index is -0.652. The van der Waals surface area contributed by atoms with Crippen LogP contribution in [0.1, 0.15) is 52.0 Å². The molecule has 0 heterocycles. The lowest BCUT2D eigenvalue weighted by Crippen LogP contribution is -2.57. The van der Waals surface area contributed by atoms with E-state index in [0.29, 0.717) is 0 Å². The van der Waals surface area contributed by atoms with Gasteiger partial charge in [-0.05, 0) is 25.3 Å². The van der Waals surface area contributed by atoms with Crippen LogP contribution in [0.4, 0.5) is 0 Å². The number of carbonyl (C=O) groups excluding carboxylic acids is 1. The molecule has 1 aliphatic rings. The smallest absolute Gasteiger partial charge is 0.240 e. The number of rotatable bonds is 4. The van der Waals surface area contributed by atoms with Gasteiger partial charge >= 0.3 is 0 Å². The molecule has 0 radical (unpaired) electrons. The predicted molar refractivity (Wildman–Crippen MR) is 89.7 cm³/mol. The van der Waals surface area contributed by atoms with Crippen molar-refractivity contribution in [1.29, 1.82) is 0 Å². The Morgan fingerprint density at radius 3 is 2.29 bits per heavy atom. The largest absolute Gasteiger partial charge is 0.351 e. The highest BCUT2D eigenvalue weighted by atomic mass is 35.5. The molecule has 1 aromatic rings. The van der Waals surface area contributed by atoms with Gasteiger partial charge in [-0.2, -0.15) is 0 Å². The Hall–Kier alpha value is -1.06. The van der Waals surface area contributed by atoms with E-state index in [9.17, 15) is 4.79 Å². The maximum absolute atomic E-state index is 12.4. The number of nitrogens with two attached hydrogens (primary N) is 1. The van der Waals surface area contributed by atoms with Gasteiger partial charge in [0.15, 0.2) is 0 Å². The van der Waals surface area contributed by atoms with Crippen LogP contribution in [0.25, 0.3) is 0 Å². The van der Waals surface area contributed by atoms with Crippen LogP contribution in [0.15, 0.2) is 30.3 Å². The highest BCUT2D eigenvalue weighted by Crippen LogP contribution is 2.30. The maximum Gasteiger partial charge on any atom is 0.240 e. The van der Waals surface area contributed by atoms with Gasteiger partial charge in [-0.25, -0.2) is 0 Å². The van der Waals surface area contributed by atoms with Crippen LogP contribution >= 0.6 is 12.4 Å². The van der Waals surface area contributed by atoms with E-state index in [4.69, 9.17) is 5.73 Å². The third-order valence-corrected chi connectivity index (χ3v) is 4.90. The molecule has 1 aliphatic carbocycles. The lowest BCUT2D eigenvalue weighted by molar-refractivity contribution is -0.127. The minimum Gasteiger partial charge on any atom is -0.351 e. The summed E-state index contributed by atoms with van der Waals surface area (Å²) < 4.78 is 0. The Kier molecular flexibility index (Phi) is 5.83. The molecule has 118 valence electrons. The topological polar surface area (TPSA) is 55.1 Å². The minimum absolute atomic E-state index is 0. The molecule has 4 heteroatoms. The summed E-state index contributed by atoms with van der Waals surface area (Å²) in [6, 6.07) is 10.3. The van der Waals surface area contributed by atoms with Crippen molar-refractivity contribution >= 4 is 18.3 Å². The van der Waals surface area contributed by atoms with Crippen LogP contribution in [-0.4, -0.2) is 17.5 Å². The Labute approximate surface area is 134 Å². The highest BCUT2D eigenvalue weighted by Gasteiger charge is 2.39. The molecule has 0 aliphatic heterocycles. The Bertz CT molecular complexity index is 467. The maximum atomic E-state index is 12.4. The molecular weight excluding hydrogens is 284 g/mol. The molecule has 0 saturated heterocycles. The van der Waals surface area contributed by atoms with Gasteiger partial charge in [-0.15, -0.1) is 12.4 Å². The van der Waals surface area contributed by atoms with Gasteiger partial charge in [0, 0.05) is 11.5 Å². The van der Waals surface area contributed by atoms with Crippen LogP contribution in [-0.2, 0) is 10.2 Å². The van der Waals surface area contributed by atoms with Crippen LogP contribution in [0.5, 0.6) is 0 Å². The molecule has 1 aromatic carbocycles. The monoisotopic (exact) mass is 310 g/mol. The highest BCUT2D eigenvalue weighted by molar-refractivity contribution is 5.86. The number of nitrogens with one attached hydrogen (secondary N) is 1. The molecule has 0 spiro atoms. The summed E-state index contributed by atoms with van der Waals surface area (Å²) in [6.45, 7) is 6.37. The van der Waals surface area contributed by atoms with Gasteiger partial charge in [0.1, 0.15) is 0 Å². The van der Waals surface area contributed by atoms with E-state index in [1.165, 1.54) is 5.56 Å². The van der Waals surface area contributed by atoms with Crippen molar-refractivity contribution in [3.63, 3.8) is 0 Å². The zero-order chi connectivity index (χ0) is 14.8. The zero-order valence-electron chi connectivity index (χ0n) is 13.2. The van der Waals surface area contributed by atoms with E-state index in [-0.39, 0.29) is 29.8 Å². The van der Waals surface area contributed by atoms with Gasteiger partial charge in [-0.3, -0.25) is 4.79 Å². The van der Waals surface area contributed by atoms with Gasteiger partial charge in [-0.1, -0.05) is 57.0 Å². The van der Waals surface area contributed by atoms with Gasteiger partial charge in [0.2, 0.25) is 5.91 Å². The summed E-state index contributed by atoms with van der Waals surface area (Å²) in [5, 5.41) is 3.14. The van der Waals surface area contributed by atoms with E-state index >= 15 is 0 Å². The fourth-order valence-corrected chi connectivity index (χ4v) is 2.87. The van der Waals surface area contributed by atoms with Crippen LogP contribution in [0.3, 0.4) is 0 Å². The number of hydrogen-bond donors (Lipinski definition) is 2. The predicted octanol–water partition coefficient (Wildman–Crippen LogP) is 3.16. The van der Waals surface area contributed by atoms with Crippen molar-refractivity contribution in [3.05, 3.63) is 35.9 Å². The average molecular weight is 311 g/mol. The number of hydrogen-bond acceptors (Lipinski definition) is 2. The first kappa shape index (κ1) is 18.0. The second kappa shape index (κ2) is 6.80. The molecule has 1 unspecified atom stereocenters. The molecule has 1 fully saturated rings. The number of halogens is 1. The van der Waals surface area contributed by atoms with Crippen molar-refractivity contribution in [1.82, 2.24) is 5.32 Å². The van der Waals surface area contributed by atoms with Gasteiger partial charge < -0.3 is 11.1 Å². The standard InChI is InChI=1S/C17H26N2O.ClH/c1-13(16(2,3)14-9-5-4-6-10-14)19-15(20)17(18)11-7-8-12-17;/h4-6,9-10,13H,7-8,11-12,18H2,1-3H3,(H,19,20);1H. The number of benzene rings is 1. The van der Waals surface area contributed by atoms with E-state index in [1.807, 2.05) is 18.2 Å². The summed E-state index contributed by atoms with van der Waals surface area (Å²) >= 11 is 0. The Morgan fingerprint density at radius 2 is 1.76 bits per heavy atom. The van der Waals surface area contributed by atoms with Gasteiger partial charge in [0.05, 0.1) is 5.54 Å². The van der Waals surface area contributed by atoms with Crippen molar-refractivity contribution in [2.45, 2.75) is 63.5 Å². The second-order valence-corrected chi connectivity index (χ2v) is 6.65. The van der Waals surface area contributed by atoms with Crippen LogP contribution < -0.4 is 11.1 Å². The summed E-state index contributed by atoms with van der Waals surface area (Å²) in [6.07, 6.45) is 3.72. The Morgan fingerprint density at radius 1 is 1.24 bits per heavy atom. The summed E-state index contributed by atoms with van der Waals surface area (Å²) in [7, 11) is 0. The van der Waals surface area contributed by atoms with E-state index in [1.54, 1.807) is 0 Å². The fourth-order valence-electron chi connectivity index (χ4n) is 2.87. The molecule has 1 saturated carbocycles. The van der Waals surface area contributed by atoms with Crippen molar-refractivity contribution < 1.29 is 4.79 Å². The summed E-state index contributed by atoms with van der Waals surface area (Å²) in [5.41, 5.74) is 6.68. The third kappa shape index (κ3) is 3.78. The lowest BCUT2D eigenvalue weighted by atomic mass is 9.78. The van der Waals surface area contributed by atoms with E-state index < -0.39 is 5.54 Å². The fraction of sp³-hybridized carbons (Fsp3) is 0.588. The van der Waals surface area contributed by atoms with Crippen molar-refractivity contribution in [2.24, 2.45) is 5.73 Å². The van der Waals surface area contributed by atoms with E-state index in [0.717, 1.165) is 25.7 Å².